The van der Waals surface area contributed by atoms with Gasteiger partial charge in [-0.2, -0.15) is 4.40 Å². The van der Waals surface area contributed by atoms with Crippen LogP contribution in [0.5, 0.6) is 0 Å². The Morgan fingerprint density at radius 3 is 2.70 bits per heavy atom. The van der Waals surface area contributed by atoms with Gasteiger partial charge in [0.25, 0.3) is 0 Å². The molecule has 3 aromatic rings. The summed E-state index contributed by atoms with van der Waals surface area (Å²) >= 11 is 0. The minimum absolute atomic E-state index is 0.0830. The molecule has 0 spiro atoms. The predicted molar refractivity (Wildman–Crippen MR) is 103 cm³/mol. The first kappa shape index (κ1) is 17.7. The number of hydrogen-bond donors (Lipinski definition) is 2. The molecule has 6 nitrogen and oxygen atoms in total. The fourth-order valence-corrected chi connectivity index (χ4v) is 3.47. The van der Waals surface area contributed by atoms with Gasteiger partial charge in [0.05, 0.1) is 26.0 Å². The molecule has 27 heavy (non-hydrogen) atoms. The van der Waals surface area contributed by atoms with Gasteiger partial charge in [-0.25, -0.2) is 4.98 Å². The molecule has 0 atom stereocenters. The second kappa shape index (κ2) is 8.33. The summed E-state index contributed by atoms with van der Waals surface area (Å²) in [5.41, 5.74) is 3.32. The van der Waals surface area contributed by atoms with Gasteiger partial charge in [0.2, 0.25) is 0 Å². The van der Waals surface area contributed by atoms with Crippen LogP contribution in [-0.4, -0.2) is 48.6 Å². The molecule has 1 aliphatic rings. The number of benzene rings is 1. The number of carbonyl (C=O) groups excluding carboxylic acids is 1. The van der Waals surface area contributed by atoms with E-state index in [9.17, 15) is 4.79 Å². The Morgan fingerprint density at radius 2 is 1.89 bits per heavy atom. The molecule has 4 rings (SSSR count). The van der Waals surface area contributed by atoms with Crippen LogP contribution in [0.25, 0.3) is 5.52 Å². The van der Waals surface area contributed by atoms with Crippen molar-refractivity contribution in [2.24, 2.45) is 0 Å². The third kappa shape index (κ3) is 4.18. The van der Waals surface area contributed by atoms with Crippen LogP contribution >= 0.6 is 0 Å². The monoisotopic (exact) mass is 365 g/mol. The van der Waals surface area contributed by atoms with E-state index in [1.165, 1.54) is 5.56 Å². The average Bonchev–Trinajstić information content (AvgIpc) is 3.08. The van der Waals surface area contributed by atoms with Gasteiger partial charge in [-0.3, -0.25) is 9.69 Å². The first-order chi connectivity index (χ1) is 13.3. The third-order valence-electron chi connectivity index (χ3n) is 4.92. The van der Waals surface area contributed by atoms with E-state index in [2.05, 4.69) is 27.3 Å². The van der Waals surface area contributed by atoms with Crippen molar-refractivity contribution in [2.45, 2.75) is 13.0 Å². The zero-order valence-corrected chi connectivity index (χ0v) is 15.4. The molecule has 1 aromatic carbocycles. The second-order valence-corrected chi connectivity index (χ2v) is 6.79. The van der Waals surface area contributed by atoms with E-state index in [4.69, 9.17) is 4.74 Å². The Labute approximate surface area is 158 Å². The highest BCUT2D eigenvalue weighted by molar-refractivity contribution is 5.89. The van der Waals surface area contributed by atoms with Crippen molar-refractivity contribution < 1.29 is 13.9 Å². The number of morpholine rings is 1. The number of amides is 1. The van der Waals surface area contributed by atoms with Gasteiger partial charge in [0, 0.05) is 19.6 Å². The number of fused-ring (bicyclic) bond motifs is 1. The molecule has 1 fully saturated rings. The Bertz CT molecular complexity index is 901. The zero-order chi connectivity index (χ0) is 18.5. The molecule has 1 aliphatic heterocycles. The number of aromatic amines is 1. The maximum atomic E-state index is 12.8. The summed E-state index contributed by atoms with van der Waals surface area (Å²) in [5.74, 6) is 0.488. The van der Waals surface area contributed by atoms with E-state index in [1.807, 2.05) is 47.0 Å². The Morgan fingerprint density at radius 1 is 1.11 bits per heavy atom. The van der Waals surface area contributed by atoms with Crippen molar-refractivity contribution in [1.82, 2.24) is 15.2 Å². The fourth-order valence-electron chi connectivity index (χ4n) is 3.47. The van der Waals surface area contributed by atoms with Crippen molar-refractivity contribution in [3.8, 4) is 0 Å². The fraction of sp³-hybridized carbons (Fsp3) is 0.333. The minimum atomic E-state index is -0.0830. The number of aromatic nitrogens is 2. The van der Waals surface area contributed by atoms with Gasteiger partial charge in [-0.15, -0.1) is 0 Å². The Hall–Kier alpha value is -2.70. The van der Waals surface area contributed by atoms with Crippen molar-refractivity contribution in [1.29, 1.82) is 0 Å². The van der Waals surface area contributed by atoms with Crippen LogP contribution < -0.4 is 9.72 Å². The molecule has 2 N–H and O–H groups in total. The lowest BCUT2D eigenvalue weighted by Gasteiger charge is -2.25. The maximum Gasteiger partial charge on any atom is 0.351 e. The van der Waals surface area contributed by atoms with Crippen molar-refractivity contribution >= 4 is 11.4 Å². The van der Waals surface area contributed by atoms with E-state index in [-0.39, 0.29) is 5.91 Å². The first-order valence-electron chi connectivity index (χ1n) is 9.45. The van der Waals surface area contributed by atoms with Gasteiger partial charge >= 0.3 is 11.7 Å². The lowest BCUT2D eigenvalue weighted by atomic mass is 10.1. The summed E-state index contributed by atoms with van der Waals surface area (Å²) < 4.78 is 7.37. The molecule has 0 aliphatic carbocycles. The van der Waals surface area contributed by atoms with E-state index in [1.54, 1.807) is 0 Å². The quantitative estimate of drug-likeness (QED) is 0.652. The predicted octanol–water partition coefficient (Wildman–Crippen LogP) is 1.56. The summed E-state index contributed by atoms with van der Waals surface area (Å²) in [5, 5.41) is 3.03. The maximum absolute atomic E-state index is 12.8. The first-order valence-corrected chi connectivity index (χ1v) is 9.45. The molecule has 1 amide bonds. The van der Waals surface area contributed by atoms with Crippen LogP contribution in [0.3, 0.4) is 0 Å². The summed E-state index contributed by atoms with van der Waals surface area (Å²) in [4.78, 5) is 18.5. The number of nitrogens with zero attached hydrogens (tertiary/aromatic N) is 2. The highest BCUT2D eigenvalue weighted by Gasteiger charge is 2.25. The van der Waals surface area contributed by atoms with Gasteiger partial charge in [0.15, 0.2) is 11.2 Å². The number of hydrogen-bond acceptors (Lipinski definition) is 3. The van der Waals surface area contributed by atoms with Crippen LogP contribution in [0.4, 0.5) is 0 Å². The summed E-state index contributed by atoms with van der Waals surface area (Å²) in [6.07, 6.45) is 2.75. The Balaban J connectivity index is 1.48. The molecule has 0 radical (unpaired) electrons. The van der Waals surface area contributed by atoms with E-state index in [0.29, 0.717) is 12.4 Å². The van der Waals surface area contributed by atoms with Crippen LogP contribution in [0.2, 0.25) is 0 Å². The van der Waals surface area contributed by atoms with Gasteiger partial charge in [-0.05, 0) is 24.1 Å². The van der Waals surface area contributed by atoms with E-state index < -0.39 is 0 Å². The molecule has 0 unspecified atom stereocenters. The third-order valence-corrected chi connectivity index (χ3v) is 4.92. The number of rotatable bonds is 6. The molecule has 3 heterocycles. The van der Waals surface area contributed by atoms with Gasteiger partial charge in [-0.1, -0.05) is 36.4 Å². The lowest BCUT2D eigenvalue weighted by Crippen LogP contribution is -2.36. The van der Waals surface area contributed by atoms with Crippen LogP contribution in [0.15, 0.2) is 54.7 Å². The summed E-state index contributed by atoms with van der Waals surface area (Å²) in [7, 11) is 0. The van der Waals surface area contributed by atoms with Gasteiger partial charge in [0.1, 0.15) is 0 Å². The highest BCUT2D eigenvalue weighted by atomic mass is 16.5. The number of ether oxygens (including phenoxy) is 1. The van der Waals surface area contributed by atoms with Crippen LogP contribution in [0.1, 0.15) is 21.9 Å². The molecule has 0 bridgehead atoms. The summed E-state index contributed by atoms with van der Waals surface area (Å²) in [6.45, 7) is 4.74. The van der Waals surface area contributed by atoms with Crippen molar-refractivity contribution in [3.63, 3.8) is 0 Å². The van der Waals surface area contributed by atoms with Crippen molar-refractivity contribution in [2.75, 3.05) is 32.8 Å². The van der Waals surface area contributed by atoms with Crippen molar-refractivity contribution in [3.05, 3.63) is 71.8 Å². The zero-order valence-electron chi connectivity index (χ0n) is 15.4. The van der Waals surface area contributed by atoms with Crippen LogP contribution in [-0.2, 0) is 17.7 Å². The normalized spacial score (nSPS) is 15.1. The SMILES string of the molecule is O=C(NCCc1ccccc1)c1[nH]c(CN2CCOCC2)c2cccc[n+]12. The molecule has 2 aromatic heterocycles. The number of H-pyrrole nitrogens is 1. The molecule has 1 saturated heterocycles. The molecular formula is C21H25N4O2+. The van der Waals surface area contributed by atoms with Gasteiger partial charge < -0.3 is 10.1 Å². The Kier molecular flexibility index (Phi) is 5.46. The van der Waals surface area contributed by atoms with E-state index in [0.717, 1.165) is 50.5 Å². The molecule has 0 saturated carbocycles. The minimum Gasteiger partial charge on any atom is -0.379 e. The summed E-state index contributed by atoms with van der Waals surface area (Å²) in [6, 6.07) is 16.2. The standard InChI is InChI=1S/C21H24N4O2/c26-21(22-10-9-17-6-2-1-3-7-17)20-23-18(16-24-12-14-27-15-13-24)19-8-4-5-11-25(19)20/h1-8,11H,9-10,12-16H2,(H,22,26)/p+1. The lowest BCUT2D eigenvalue weighted by molar-refractivity contribution is -0.514. The largest absolute Gasteiger partial charge is 0.379 e. The number of nitrogens with one attached hydrogen (secondary N) is 2. The number of pyridine rings is 1. The topological polar surface area (TPSA) is 61.5 Å². The number of carbonyl (C=O) groups is 1. The van der Waals surface area contributed by atoms with E-state index >= 15 is 0 Å². The second-order valence-electron chi connectivity index (χ2n) is 6.79. The smallest absolute Gasteiger partial charge is 0.351 e. The molecule has 6 heteroatoms. The number of imidazole rings is 1. The molecular weight excluding hydrogens is 340 g/mol. The molecule has 140 valence electrons. The highest BCUT2D eigenvalue weighted by Crippen LogP contribution is 2.11. The van der Waals surface area contributed by atoms with Crippen LogP contribution in [0, 0.1) is 0 Å². The average molecular weight is 365 g/mol.